The van der Waals surface area contributed by atoms with E-state index in [0.717, 1.165) is 16.9 Å². The van der Waals surface area contributed by atoms with Crippen LogP contribution >= 0.6 is 0 Å². The first-order valence-electron chi connectivity index (χ1n) is 11.0. The van der Waals surface area contributed by atoms with E-state index in [2.05, 4.69) is 25.6 Å². The van der Waals surface area contributed by atoms with Crippen molar-refractivity contribution in [2.24, 2.45) is 0 Å². The van der Waals surface area contributed by atoms with Crippen molar-refractivity contribution >= 4 is 34.6 Å². The van der Waals surface area contributed by atoms with E-state index in [9.17, 15) is 14.4 Å². The van der Waals surface area contributed by atoms with E-state index in [0.29, 0.717) is 36.7 Å². The number of rotatable bonds is 4. The predicted octanol–water partition coefficient (Wildman–Crippen LogP) is 2.31. The Hall–Kier alpha value is -4.80. The lowest BCUT2D eigenvalue weighted by Gasteiger charge is -2.38. The lowest BCUT2D eigenvalue weighted by molar-refractivity contribution is -0.137. The van der Waals surface area contributed by atoms with Gasteiger partial charge in [0.1, 0.15) is 17.9 Å². The van der Waals surface area contributed by atoms with Crippen LogP contribution in [0.4, 0.5) is 10.5 Å². The average molecular weight is 469 g/mol. The summed E-state index contributed by atoms with van der Waals surface area (Å²) < 4.78 is 7.81. The molecule has 5 heterocycles. The quantitative estimate of drug-likeness (QED) is 0.436. The van der Waals surface area contributed by atoms with Crippen LogP contribution in [-0.2, 0) is 9.59 Å². The number of amides is 4. The highest BCUT2D eigenvalue weighted by molar-refractivity contribution is 6.24. The molecule has 11 heteroatoms. The van der Waals surface area contributed by atoms with Gasteiger partial charge in [-0.1, -0.05) is 6.07 Å². The lowest BCUT2D eigenvalue weighted by Crippen LogP contribution is -2.71. The Kier molecular flexibility index (Phi) is 4.69. The largest absolute Gasteiger partial charge is 0.439 e. The van der Waals surface area contributed by atoms with Crippen molar-refractivity contribution in [1.82, 2.24) is 30.2 Å². The van der Waals surface area contributed by atoms with E-state index >= 15 is 0 Å². The molecule has 0 saturated carbocycles. The number of imide groups is 2. The van der Waals surface area contributed by atoms with Gasteiger partial charge in [0.2, 0.25) is 5.88 Å². The Balaban J connectivity index is 1.23. The Morgan fingerprint density at radius 1 is 0.943 bits per heavy atom. The van der Waals surface area contributed by atoms with Gasteiger partial charge in [0.05, 0.1) is 22.9 Å². The van der Waals surface area contributed by atoms with Gasteiger partial charge in [-0.2, -0.15) is 0 Å². The molecule has 35 heavy (non-hydrogen) atoms. The molecule has 2 fully saturated rings. The third-order valence-corrected chi connectivity index (χ3v) is 6.26. The second kappa shape index (κ2) is 7.90. The van der Waals surface area contributed by atoms with E-state index in [1.807, 2.05) is 41.0 Å². The lowest BCUT2D eigenvalue weighted by atomic mass is 9.92. The van der Waals surface area contributed by atoms with Gasteiger partial charge >= 0.3 is 6.03 Å². The Labute approximate surface area is 198 Å². The second-order valence-electron chi connectivity index (χ2n) is 8.26. The fourth-order valence-electron chi connectivity index (χ4n) is 4.64. The number of ether oxygens (including phenoxy) is 1. The van der Waals surface area contributed by atoms with Crippen LogP contribution < -0.4 is 20.3 Å². The van der Waals surface area contributed by atoms with Crippen molar-refractivity contribution in [3.63, 3.8) is 0 Å². The molecule has 0 aliphatic carbocycles. The number of anilines is 1. The van der Waals surface area contributed by atoms with Gasteiger partial charge in [-0.3, -0.25) is 24.8 Å². The third-order valence-electron chi connectivity index (χ3n) is 6.26. The first kappa shape index (κ1) is 20.8. The van der Waals surface area contributed by atoms with Crippen molar-refractivity contribution in [2.75, 3.05) is 11.4 Å². The average Bonchev–Trinajstić information content (AvgIpc) is 3.49. The van der Waals surface area contributed by atoms with Crippen LogP contribution in [-0.4, -0.2) is 49.4 Å². The normalized spacial score (nSPS) is 17.0. The minimum absolute atomic E-state index is 0.307. The molecule has 174 valence electrons. The Morgan fingerprint density at radius 3 is 2.54 bits per heavy atom. The van der Waals surface area contributed by atoms with Crippen LogP contribution in [0.1, 0.15) is 12.8 Å². The molecule has 3 aromatic heterocycles. The number of hydrogen-bond donors (Lipinski definition) is 2. The third kappa shape index (κ3) is 3.36. The highest BCUT2D eigenvalue weighted by Crippen LogP contribution is 2.36. The molecule has 2 saturated heterocycles. The molecule has 1 aromatic carbocycles. The summed E-state index contributed by atoms with van der Waals surface area (Å²) in [7, 11) is 0. The molecule has 1 spiro atoms. The molecule has 4 amide bonds. The summed E-state index contributed by atoms with van der Waals surface area (Å²) in [5.41, 5.74) is 0.753. The summed E-state index contributed by atoms with van der Waals surface area (Å²) in [5.74, 6) is 0.430. The molecule has 2 aliphatic heterocycles. The number of nitrogens with one attached hydrogen (secondary N) is 2. The second-order valence-corrected chi connectivity index (χ2v) is 8.26. The molecule has 2 aliphatic rings. The van der Waals surface area contributed by atoms with E-state index in [-0.39, 0.29) is 0 Å². The maximum absolute atomic E-state index is 12.6. The number of aromatic nitrogens is 4. The fraction of sp³-hybridized carbons (Fsp3) is 0.167. The van der Waals surface area contributed by atoms with Crippen LogP contribution in [0.25, 0.3) is 16.9 Å². The van der Waals surface area contributed by atoms with Crippen LogP contribution in [0.15, 0.2) is 67.3 Å². The van der Waals surface area contributed by atoms with Gasteiger partial charge in [-0.25, -0.2) is 19.7 Å². The number of imidazole rings is 1. The van der Waals surface area contributed by atoms with E-state index < -0.39 is 23.4 Å². The summed E-state index contributed by atoms with van der Waals surface area (Å²) in [4.78, 5) is 51.6. The van der Waals surface area contributed by atoms with Crippen molar-refractivity contribution in [3.8, 4) is 17.4 Å². The monoisotopic (exact) mass is 469 g/mol. The molecule has 11 nitrogen and oxygen atoms in total. The summed E-state index contributed by atoms with van der Waals surface area (Å²) >= 11 is 0. The first-order chi connectivity index (χ1) is 17.0. The van der Waals surface area contributed by atoms with Crippen LogP contribution in [0.2, 0.25) is 0 Å². The predicted molar refractivity (Wildman–Crippen MR) is 124 cm³/mol. The zero-order valence-corrected chi connectivity index (χ0v) is 18.3. The van der Waals surface area contributed by atoms with Gasteiger partial charge in [-0.15, -0.1) is 0 Å². The van der Waals surface area contributed by atoms with Gasteiger partial charge in [0, 0.05) is 24.9 Å². The van der Waals surface area contributed by atoms with Crippen LogP contribution in [0.5, 0.6) is 11.6 Å². The fourth-order valence-corrected chi connectivity index (χ4v) is 4.64. The topological polar surface area (TPSA) is 131 Å². The highest BCUT2D eigenvalue weighted by atomic mass is 16.5. The van der Waals surface area contributed by atoms with Gasteiger partial charge in [0.15, 0.2) is 5.54 Å². The molecule has 0 radical (unpaired) electrons. The SMILES string of the molecule is O=C1NC(=O)C2(CCCN2c2ccc(Oc3ccc4c(c3)ncn4-c3ccccn3)nc2)C(=O)N1. The molecule has 6 rings (SSSR count). The number of carbonyl (C=O) groups excluding carboxylic acids is 3. The number of urea groups is 1. The zero-order chi connectivity index (χ0) is 24.0. The molecule has 0 unspecified atom stereocenters. The molecule has 0 bridgehead atoms. The smallest absolute Gasteiger partial charge is 0.328 e. The minimum Gasteiger partial charge on any atom is -0.439 e. The first-order valence-corrected chi connectivity index (χ1v) is 11.0. The maximum Gasteiger partial charge on any atom is 0.328 e. The maximum atomic E-state index is 12.6. The number of hydrogen-bond acceptors (Lipinski definition) is 8. The summed E-state index contributed by atoms with van der Waals surface area (Å²) in [6, 6.07) is 13.8. The molecule has 2 N–H and O–H groups in total. The van der Waals surface area contributed by atoms with Crippen molar-refractivity contribution in [3.05, 3.63) is 67.3 Å². The van der Waals surface area contributed by atoms with Crippen molar-refractivity contribution in [2.45, 2.75) is 18.4 Å². The van der Waals surface area contributed by atoms with Crippen molar-refractivity contribution < 1.29 is 19.1 Å². The van der Waals surface area contributed by atoms with Gasteiger partial charge in [-0.05, 0) is 43.2 Å². The van der Waals surface area contributed by atoms with E-state index in [1.165, 1.54) is 0 Å². The van der Waals surface area contributed by atoms with Crippen LogP contribution in [0.3, 0.4) is 0 Å². The Morgan fingerprint density at radius 2 is 1.80 bits per heavy atom. The summed E-state index contributed by atoms with van der Waals surface area (Å²) in [6.07, 6.45) is 5.92. The van der Waals surface area contributed by atoms with Gasteiger partial charge < -0.3 is 9.64 Å². The Bertz CT molecular complexity index is 1450. The van der Waals surface area contributed by atoms with Gasteiger partial charge in [0.25, 0.3) is 11.8 Å². The summed E-state index contributed by atoms with van der Waals surface area (Å²) in [6.45, 7) is 0.479. The highest BCUT2D eigenvalue weighted by Gasteiger charge is 2.57. The number of fused-ring (bicyclic) bond motifs is 1. The summed E-state index contributed by atoms with van der Waals surface area (Å²) in [5, 5.41) is 4.41. The number of benzene rings is 1. The standard InChI is InChI=1S/C24H19N7O4/c32-21-24(22(33)29-23(34)28-21)9-3-11-31(24)15-5-8-20(26-13-15)35-16-6-7-18-17(12-16)27-14-30(18)19-4-1-2-10-25-19/h1-2,4-8,10,12-14H,3,9,11H2,(H2,28,29,32,33,34). The number of nitrogens with zero attached hydrogens (tertiary/aromatic N) is 5. The van der Waals surface area contributed by atoms with E-state index in [1.54, 1.807) is 35.8 Å². The number of barbiturate groups is 1. The number of carbonyl (C=O) groups is 3. The minimum atomic E-state index is -1.46. The number of pyridine rings is 2. The van der Waals surface area contributed by atoms with E-state index in [4.69, 9.17) is 4.74 Å². The zero-order valence-electron chi connectivity index (χ0n) is 18.3. The molecule has 0 atom stereocenters. The molecular formula is C24H19N7O4. The molecule has 4 aromatic rings. The molecular weight excluding hydrogens is 450 g/mol. The van der Waals surface area contributed by atoms with Crippen molar-refractivity contribution in [1.29, 1.82) is 0 Å². The van der Waals surface area contributed by atoms with Crippen LogP contribution in [0, 0.1) is 0 Å².